The van der Waals surface area contributed by atoms with Gasteiger partial charge in [0.05, 0.1) is 18.4 Å². The molecule has 0 aliphatic heterocycles. The van der Waals surface area contributed by atoms with Crippen molar-refractivity contribution >= 4 is 16.9 Å². The second kappa shape index (κ2) is 5.25. The summed E-state index contributed by atoms with van der Waals surface area (Å²) in [5, 5.41) is 12.7. The van der Waals surface area contributed by atoms with Crippen LogP contribution in [0.25, 0.3) is 11.0 Å². The number of nitriles is 1. The van der Waals surface area contributed by atoms with E-state index in [9.17, 15) is 4.79 Å². The number of rotatable bonds is 5. The maximum Gasteiger partial charge on any atom is 0.246 e. The molecule has 0 atom stereocenters. The Labute approximate surface area is 116 Å². The van der Waals surface area contributed by atoms with Crippen molar-refractivity contribution in [3.63, 3.8) is 0 Å². The Balaban J connectivity index is 1.67. The number of carbonyl (C=O) groups is 1. The molecule has 5 heteroatoms. The maximum atomic E-state index is 11.6. The normalized spacial score (nSPS) is 13.9. The summed E-state index contributed by atoms with van der Waals surface area (Å²) < 4.78 is 11.0. The summed E-state index contributed by atoms with van der Waals surface area (Å²) in [6.45, 7) is 0.233. The maximum absolute atomic E-state index is 11.6. The third kappa shape index (κ3) is 2.59. The molecular formula is C15H14N2O3. The largest absolute Gasteiger partial charge is 0.488 e. The Morgan fingerprint density at radius 1 is 1.45 bits per heavy atom. The Morgan fingerprint density at radius 3 is 3.00 bits per heavy atom. The van der Waals surface area contributed by atoms with Crippen LogP contribution in [0.5, 0.6) is 5.75 Å². The van der Waals surface area contributed by atoms with E-state index in [0.717, 1.165) is 18.2 Å². The number of amides is 1. The number of carbonyl (C=O) groups excluding carboxylic acids is 1. The van der Waals surface area contributed by atoms with Crippen LogP contribution in [0.1, 0.15) is 25.0 Å². The average molecular weight is 270 g/mol. The lowest BCUT2D eigenvalue weighted by molar-refractivity contribution is -0.121. The summed E-state index contributed by atoms with van der Waals surface area (Å²) in [4.78, 5) is 11.6. The minimum absolute atomic E-state index is 0.0150. The van der Waals surface area contributed by atoms with Crippen LogP contribution < -0.4 is 10.1 Å². The molecule has 0 radical (unpaired) electrons. The van der Waals surface area contributed by atoms with Crippen LogP contribution in [-0.2, 0) is 4.79 Å². The quantitative estimate of drug-likeness (QED) is 0.904. The van der Waals surface area contributed by atoms with Crippen molar-refractivity contribution < 1.29 is 13.9 Å². The van der Waals surface area contributed by atoms with Crippen LogP contribution in [0, 0.1) is 11.3 Å². The average Bonchev–Trinajstić information content (AvgIpc) is 3.19. The first-order chi connectivity index (χ1) is 9.78. The number of furan rings is 1. The molecule has 1 N–H and O–H groups in total. The molecule has 5 nitrogen and oxygen atoms in total. The highest BCUT2D eigenvalue weighted by molar-refractivity contribution is 5.86. The minimum Gasteiger partial charge on any atom is -0.488 e. The third-order valence-electron chi connectivity index (χ3n) is 3.17. The molecule has 0 bridgehead atoms. The number of nitrogens with one attached hydrogen (secondary N) is 1. The molecule has 0 saturated heterocycles. The molecule has 1 heterocycles. The lowest BCUT2D eigenvalue weighted by Crippen LogP contribution is -2.26. The van der Waals surface area contributed by atoms with Crippen molar-refractivity contribution in [2.24, 2.45) is 0 Å². The minimum atomic E-state index is -0.0150. The van der Waals surface area contributed by atoms with Crippen LogP contribution in [0.4, 0.5) is 0 Å². The Hall–Kier alpha value is -2.48. The van der Waals surface area contributed by atoms with Gasteiger partial charge in [0, 0.05) is 6.04 Å². The van der Waals surface area contributed by atoms with E-state index in [4.69, 9.17) is 14.4 Å². The van der Waals surface area contributed by atoms with Crippen LogP contribution >= 0.6 is 0 Å². The van der Waals surface area contributed by atoms with Gasteiger partial charge >= 0.3 is 0 Å². The molecule has 3 rings (SSSR count). The van der Waals surface area contributed by atoms with E-state index in [1.165, 1.54) is 0 Å². The molecule has 1 fully saturated rings. The van der Waals surface area contributed by atoms with E-state index in [-0.39, 0.29) is 24.7 Å². The summed E-state index contributed by atoms with van der Waals surface area (Å²) >= 11 is 0. The van der Waals surface area contributed by atoms with E-state index in [0.29, 0.717) is 17.4 Å². The van der Waals surface area contributed by atoms with Gasteiger partial charge in [0.15, 0.2) is 5.75 Å². The van der Waals surface area contributed by atoms with Crippen molar-refractivity contribution in [2.75, 3.05) is 6.61 Å². The van der Waals surface area contributed by atoms with Gasteiger partial charge in [-0.05, 0) is 25.0 Å². The van der Waals surface area contributed by atoms with Crippen LogP contribution in [0.2, 0.25) is 0 Å². The second-order valence-corrected chi connectivity index (χ2v) is 4.81. The lowest BCUT2D eigenvalue weighted by atomic mass is 10.2. The highest BCUT2D eigenvalue weighted by Gasteiger charge is 2.23. The van der Waals surface area contributed by atoms with E-state index in [1.807, 2.05) is 24.3 Å². The number of nitrogens with zero attached hydrogens (tertiary/aromatic N) is 1. The molecule has 1 aliphatic rings. The highest BCUT2D eigenvalue weighted by Crippen LogP contribution is 2.32. The van der Waals surface area contributed by atoms with Crippen molar-refractivity contribution in [3.05, 3.63) is 30.0 Å². The third-order valence-corrected chi connectivity index (χ3v) is 3.17. The van der Waals surface area contributed by atoms with Crippen molar-refractivity contribution in [2.45, 2.75) is 25.3 Å². The van der Waals surface area contributed by atoms with E-state index >= 15 is 0 Å². The van der Waals surface area contributed by atoms with Gasteiger partial charge in [-0.2, -0.15) is 5.26 Å². The first-order valence-electron chi connectivity index (χ1n) is 6.61. The topological polar surface area (TPSA) is 75.3 Å². The highest BCUT2D eigenvalue weighted by atomic mass is 16.5. The lowest BCUT2D eigenvalue weighted by Gasteiger charge is -2.05. The number of hydrogen-bond donors (Lipinski definition) is 1. The van der Waals surface area contributed by atoms with Gasteiger partial charge in [-0.15, -0.1) is 0 Å². The number of para-hydroxylation sites is 1. The molecule has 20 heavy (non-hydrogen) atoms. The van der Waals surface area contributed by atoms with Crippen molar-refractivity contribution in [1.82, 2.24) is 5.32 Å². The molecule has 1 aliphatic carbocycles. The Morgan fingerprint density at radius 2 is 2.25 bits per heavy atom. The summed E-state index contributed by atoms with van der Waals surface area (Å²) in [6, 6.07) is 9.63. The van der Waals surface area contributed by atoms with Crippen molar-refractivity contribution in [3.8, 4) is 11.8 Å². The monoisotopic (exact) mass is 270 g/mol. The zero-order valence-electron chi connectivity index (χ0n) is 10.9. The number of hydrogen-bond acceptors (Lipinski definition) is 4. The van der Waals surface area contributed by atoms with Crippen LogP contribution in [-0.4, -0.2) is 18.6 Å². The van der Waals surface area contributed by atoms with E-state index in [1.54, 1.807) is 6.07 Å². The zero-order chi connectivity index (χ0) is 13.9. The second-order valence-electron chi connectivity index (χ2n) is 4.81. The standard InChI is InChI=1S/C15H14N2O3/c16-9-13-15(11-3-1-2-4-12(11)20-13)19-8-7-14(18)17-10-5-6-10/h1-4,10H,5-8H2,(H,17,18). The molecule has 0 unspecified atom stereocenters. The summed E-state index contributed by atoms with van der Waals surface area (Å²) in [5.74, 6) is 0.551. The molecule has 1 aromatic heterocycles. The molecule has 1 saturated carbocycles. The molecule has 1 aromatic carbocycles. The van der Waals surface area contributed by atoms with Gasteiger partial charge in [-0.25, -0.2) is 0 Å². The number of benzene rings is 1. The molecule has 1 amide bonds. The molecule has 102 valence electrons. The van der Waals surface area contributed by atoms with E-state index in [2.05, 4.69) is 5.32 Å². The van der Waals surface area contributed by atoms with Crippen LogP contribution in [0.3, 0.4) is 0 Å². The summed E-state index contributed by atoms with van der Waals surface area (Å²) in [5.41, 5.74) is 0.612. The number of ether oxygens (including phenoxy) is 1. The van der Waals surface area contributed by atoms with Gasteiger partial charge in [0.25, 0.3) is 0 Å². The fourth-order valence-corrected chi connectivity index (χ4v) is 2.01. The molecule has 0 spiro atoms. The Kier molecular flexibility index (Phi) is 3.30. The molecular weight excluding hydrogens is 256 g/mol. The van der Waals surface area contributed by atoms with Crippen LogP contribution in [0.15, 0.2) is 28.7 Å². The summed E-state index contributed by atoms with van der Waals surface area (Å²) in [7, 11) is 0. The van der Waals surface area contributed by atoms with Gasteiger partial charge in [-0.1, -0.05) is 12.1 Å². The molecule has 2 aromatic rings. The van der Waals surface area contributed by atoms with Gasteiger partial charge in [0.2, 0.25) is 11.7 Å². The smallest absolute Gasteiger partial charge is 0.246 e. The van der Waals surface area contributed by atoms with Crippen molar-refractivity contribution in [1.29, 1.82) is 5.26 Å². The summed E-state index contributed by atoms with van der Waals surface area (Å²) in [6.07, 6.45) is 2.41. The first kappa shape index (κ1) is 12.5. The van der Waals surface area contributed by atoms with Gasteiger partial charge < -0.3 is 14.5 Å². The predicted molar refractivity (Wildman–Crippen MR) is 72.2 cm³/mol. The fourth-order valence-electron chi connectivity index (χ4n) is 2.01. The predicted octanol–water partition coefficient (Wildman–Crippen LogP) is 2.35. The first-order valence-corrected chi connectivity index (χ1v) is 6.61. The van der Waals surface area contributed by atoms with E-state index < -0.39 is 0 Å². The van der Waals surface area contributed by atoms with Gasteiger partial charge in [-0.3, -0.25) is 4.79 Å². The SMILES string of the molecule is N#Cc1oc2ccccc2c1OCCC(=O)NC1CC1. The Bertz CT molecular complexity index is 680. The van der Waals surface area contributed by atoms with Gasteiger partial charge in [0.1, 0.15) is 11.7 Å². The zero-order valence-corrected chi connectivity index (χ0v) is 10.9. The fraction of sp³-hybridized carbons (Fsp3) is 0.333. The number of fused-ring (bicyclic) bond motifs is 1.